The van der Waals surface area contributed by atoms with Gasteiger partial charge in [0.05, 0.1) is 12.1 Å². The molecule has 2 aliphatic rings. The molecule has 1 fully saturated rings. The van der Waals surface area contributed by atoms with E-state index in [0.29, 0.717) is 19.6 Å². The molecule has 2 amide bonds. The van der Waals surface area contributed by atoms with Crippen molar-refractivity contribution < 1.29 is 17.9 Å². The molecule has 0 spiro atoms. The quantitative estimate of drug-likeness (QED) is 0.632. The van der Waals surface area contributed by atoms with Crippen molar-refractivity contribution in [1.29, 1.82) is 0 Å². The molecule has 1 heterocycles. The number of hydrogen-bond acceptors (Lipinski definition) is 6. The average molecular weight is 421 g/mol. The van der Waals surface area contributed by atoms with Gasteiger partial charge in [0.2, 0.25) is 5.90 Å². The number of ether oxygens (including phenoxy) is 1. The first-order valence-electron chi connectivity index (χ1n) is 9.97. The Bertz CT molecular complexity index is 873. The molecule has 0 saturated heterocycles. The van der Waals surface area contributed by atoms with Crippen molar-refractivity contribution in [3.63, 3.8) is 0 Å². The van der Waals surface area contributed by atoms with E-state index < -0.39 is 21.6 Å². The van der Waals surface area contributed by atoms with E-state index in [2.05, 4.69) is 15.0 Å². The molecule has 158 valence electrons. The monoisotopic (exact) mass is 420 g/mol. The predicted molar refractivity (Wildman–Crippen MR) is 112 cm³/mol. The Hall–Kier alpha value is -2.55. The summed E-state index contributed by atoms with van der Waals surface area (Å²) in [6.07, 6.45) is 7.20. The Labute approximate surface area is 171 Å². The van der Waals surface area contributed by atoms with Gasteiger partial charge in [-0.3, -0.25) is 4.99 Å². The summed E-state index contributed by atoms with van der Waals surface area (Å²) in [5, 5.41) is 2.95. The normalized spacial score (nSPS) is 20.0. The number of hydrogen-bond donors (Lipinski definition) is 3. The molecule has 0 atom stereocenters. The SMILES string of the molecule is NC=C(C1=NCCCO1)S(=O)(=O)NC(=O)NC1(c2ccccc2)CCCCCC1. The lowest BCUT2D eigenvalue weighted by molar-refractivity contribution is 0.222. The fourth-order valence-corrected chi connectivity index (χ4v) is 4.82. The first-order valence-corrected chi connectivity index (χ1v) is 11.5. The van der Waals surface area contributed by atoms with Gasteiger partial charge < -0.3 is 15.8 Å². The van der Waals surface area contributed by atoms with Gasteiger partial charge in [0.15, 0.2) is 4.91 Å². The van der Waals surface area contributed by atoms with Crippen LogP contribution >= 0.6 is 0 Å². The number of nitrogens with two attached hydrogens (primary N) is 1. The van der Waals surface area contributed by atoms with Crippen molar-refractivity contribution in [2.45, 2.75) is 50.5 Å². The fourth-order valence-electron chi connectivity index (χ4n) is 3.88. The third-order valence-electron chi connectivity index (χ3n) is 5.31. The van der Waals surface area contributed by atoms with Crippen LogP contribution in [0.1, 0.15) is 50.5 Å². The van der Waals surface area contributed by atoms with Gasteiger partial charge in [0, 0.05) is 19.2 Å². The van der Waals surface area contributed by atoms with Gasteiger partial charge in [-0.05, 0) is 18.4 Å². The summed E-state index contributed by atoms with van der Waals surface area (Å²) in [4.78, 5) is 16.5. The van der Waals surface area contributed by atoms with Gasteiger partial charge in [-0.2, -0.15) is 0 Å². The first-order chi connectivity index (χ1) is 14.0. The molecular weight excluding hydrogens is 392 g/mol. The van der Waals surface area contributed by atoms with E-state index in [4.69, 9.17) is 10.5 Å². The second-order valence-electron chi connectivity index (χ2n) is 7.34. The standard InChI is InChI=1S/C20H28N4O4S/c21-15-17(18-22-13-8-14-28-18)29(26,27)24-19(25)23-20(11-6-1-2-7-12-20)16-9-4-3-5-10-16/h3-5,9-10,15H,1-2,6-8,11-14,21H2,(H2,23,24,25). The molecule has 29 heavy (non-hydrogen) atoms. The number of carbonyl (C=O) groups excluding carboxylic acids is 1. The zero-order valence-electron chi connectivity index (χ0n) is 16.4. The average Bonchev–Trinajstić information content (AvgIpc) is 2.95. The van der Waals surface area contributed by atoms with Gasteiger partial charge in [0.25, 0.3) is 10.0 Å². The van der Waals surface area contributed by atoms with Crippen molar-refractivity contribution in [3.05, 3.63) is 47.0 Å². The summed E-state index contributed by atoms with van der Waals surface area (Å²) in [5.41, 5.74) is 5.88. The molecule has 0 unspecified atom stereocenters. The minimum Gasteiger partial charge on any atom is -0.477 e. The lowest BCUT2D eigenvalue weighted by Gasteiger charge is -2.34. The summed E-state index contributed by atoms with van der Waals surface area (Å²) < 4.78 is 32.9. The molecule has 1 saturated carbocycles. The molecule has 4 N–H and O–H groups in total. The molecular formula is C20H28N4O4S. The van der Waals surface area contributed by atoms with E-state index in [0.717, 1.165) is 50.3 Å². The van der Waals surface area contributed by atoms with E-state index in [-0.39, 0.29) is 10.8 Å². The highest BCUT2D eigenvalue weighted by atomic mass is 32.2. The Morgan fingerprint density at radius 2 is 1.79 bits per heavy atom. The topological polar surface area (TPSA) is 123 Å². The lowest BCUT2D eigenvalue weighted by Crippen LogP contribution is -2.51. The molecule has 0 radical (unpaired) electrons. The van der Waals surface area contributed by atoms with E-state index in [1.807, 2.05) is 30.3 Å². The maximum atomic E-state index is 12.8. The van der Waals surface area contributed by atoms with Crippen LogP contribution in [0.15, 0.2) is 46.4 Å². The van der Waals surface area contributed by atoms with Crippen molar-refractivity contribution in [3.8, 4) is 0 Å². The highest BCUT2D eigenvalue weighted by Crippen LogP contribution is 2.36. The van der Waals surface area contributed by atoms with Gasteiger partial charge in [0.1, 0.15) is 0 Å². The van der Waals surface area contributed by atoms with Gasteiger partial charge in [-0.1, -0.05) is 56.0 Å². The Morgan fingerprint density at radius 1 is 1.10 bits per heavy atom. The molecule has 3 rings (SSSR count). The number of nitrogens with zero attached hydrogens (tertiary/aromatic N) is 1. The Kier molecular flexibility index (Phi) is 6.79. The summed E-state index contributed by atoms with van der Waals surface area (Å²) in [6, 6.07) is 8.91. The second kappa shape index (κ2) is 9.30. The van der Waals surface area contributed by atoms with Crippen LogP contribution in [0.4, 0.5) is 4.79 Å². The number of rotatable bonds is 5. The maximum Gasteiger partial charge on any atom is 0.329 e. The van der Waals surface area contributed by atoms with Crippen molar-refractivity contribution in [2.75, 3.05) is 13.2 Å². The van der Waals surface area contributed by atoms with E-state index in [1.165, 1.54) is 0 Å². The first kappa shape index (κ1) is 21.2. The summed E-state index contributed by atoms with van der Waals surface area (Å²) in [7, 11) is -4.22. The number of nitrogens with one attached hydrogen (secondary N) is 2. The number of carbonyl (C=O) groups is 1. The number of aliphatic imine (C=N–C) groups is 1. The van der Waals surface area contributed by atoms with Crippen LogP contribution < -0.4 is 15.8 Å². The van der Waals surface area contributed by atoms with Crippen molar-refractivity contribution >= 4 is 22.0 Å². The van der Waals surface area contributed by atoms with E-state index in [1.54, 1.807) is 0 Å². The van der Waals surface area contributed by atoms with Crippen LogP contribution in [0.2, 0.25) is 0 Å². The minimum absolute atomic E-state index is 0.0636. The third kappa shape index (κ3) is 5.09. The van der Waals surface area contributed by atoms with Gasteiger partial charge in [-0.15, -0.1) is 0 Å². The van der Waals surface area contributed by atoms with E-state index in [9.17, 15) is 13.2 Å². The van der Waals surface area contributed by atoms with Gasteiger partial charge >= 0.3 is 6.03 Å². The highest BCUT2D eigenvalue weighted by Gasteiger charge is 2.36. The van der Waals surface area contributed by atoms with Crippen LogP contribution in [0.25, 0.3) is 0 Å². The molecule has 1 aromatic carbocycles. The van der Waals surface area contributed by atoms with Gasteiger partial charge in [-0.25, -0.2) is 17.9 Å². The van der Waals surface area contributed by atoms with Crippen LogP contribution in [0, 0.1) is 0 Å². The molecule has 1 aliphatic carbocycles. The van der Waals surface area contributed by atoms with E-state index >= 15 is 0 Å². The van der Waals surface area contributed by atoms with Crippen LogP contribution in [0.5, 0.6) is 0 Å². The molecule has 1 aliphatic heterocycles. The second-order valence-corrected chi connectivity index (χ2v) is 8.99. The maximum absolute atomic E-state index is 12.8. The highest BCUT2D eigenvalue weighted by molar-refractivity contribution is 7.94. The summed E-state index contributed by atoms with van der Waals surface area (Å²) in [5.74, 6) is -0.0636. The summed E-state index contributed by atoms with van der Waals surface area (Å²) >= 11 is 0. The molecule has 9 heteroatoms. The zero-order chi connectivity index (χ0) is 20.7. The number of urea groups is 1. The largest absolute Gasteiger partial charge is 0.477 e. The smallest absolute Gasteiger partial charge is 0.329 e. The van der Waals surface area contributed by atoms with Crippen LogP contribution in [-0.4, -0.2) is 33.5 Å². The lowest BCUT2D eigenvalue weighted by atomic mass is 9.83. The van der Waals surface area contributed by atoms with Crippen LogP contribution in [-0.2, 0) is 20.3 Å². The molecule has 0 bridgehead atoms. The van der Waals surface area contributed by atoms with Crippen molar-refractivity contribution in [2.24, 2.45) is 10.7 Å². The van der Waals surface area contributed by atoms with Crippen LogP contribution in [0.3, 0.4) is 0 Å². The minimum atomic E-state index is -4.22. The fraction of sp³-hybridized carbons (Fsp3) is 0.500. The third-order valence-corrected chi connectivity index (χ3v) is 6.66. The number of sulfonamides is 1. The Morgan fingerprint density at radius 3 is 2.38 bits per heavy atom. The van der Waals surface area contributed by atoms with Crippen molar-refractivity contribution in [1.82, 2.24) is 10.0 Å². The number of amides is 2. The Balaban J connectivity index is 1.80. The number of benzene rings is 1. The molecule has 0 aromatic heterocycles. The molecule has 1 aromatic rings. The summed E-state index contributed by atoms with van der Waals surface area (Å²) in [6.45, 7) is 0.806. The molecule has 8 nitrogen and oxygen atoms in total. The predicted octanol–water partition coefficient (Wildman–Crippen LogP) is 2.48. The zero-order valence-corrected chi connectivity index (χ0v) is 17.2.